The third-order valence-electron chi connectivity index (χ3n) is 6.26. The second kappa shape index (κ2) is 11.6. The van der Waals surface area contributed by atoms with Crippen LogP contribution in [0.3, 0.4) is 0 Å². The van der Waals surface area contributed by atoms with Gasteiger partial charge in [0.1, 0.15) is 22.7 Å². The third-order valence-corrected chi connectivity index (χ3v) is 6.26. The van der Waals surface area contributed by atoms with Gasteiger partial charge in [0.15, 0.2) is 17.2 Å². The van der Waals surface area contributed by atoms with Crippen molar-refractivity contribution in [1.29, 1.82) is 0 Å². The van der Waals surface area contributed by atoms with Gasteiger partial charge >= 0.3 is 0 Å². The highest BCUT2D eigenvalue weighted by molar-refractivity contribution is 5.97. The number of halogens is 3. The lowest BCUT2D eigenvalue weighted by Crippen LogP contribution is -2.26. The number of Topliss-reactive ketones (excluding diaryl/α,β-unsaturated/α-hetero) is 1. The Labute approximate surface area is 232 Å². The lowest BCUT2D eigenvalue weighted by Gasteiger charge is -2.13. The summed E-state index contributed by atoms with van der Waals surface area (Å²) in [6, 6.07) is 11.3. The Morgan fingerprint density at radius 1 is 1.12 bits per heavy atom. The number of benzene rings is 1. The van der Waals surface area contributed by atoms with Crippen molar-refractivity contribution in [2.24, 2.45) is 0 Å². The fourth-order valence-electron chi connectivity index (χ4n) is 4.35. The van der Waals surface area contributed by atoms with Crippen LogP contribution in [0.15, 0.2) is 71.9 Å². The van der Waals surface area contributed by atoms with Crippen molar-refractivity contribution in [2.45, 2.75) is 39.2 Å². The fraction of sp³-hybridized carbons (Fsp3) is 0.207. The van der Waals surface area contributed by atoms with E-state index in [1.807, 2.05) is 0 Å². The molecule has 0 saturated heterocycles. The van der Waals surface area contributed by atoms with Gasteiger partial charge in [-0.1, -0.05) is 0 Å². The number of rotatable bonds is 10. The number of aromatic amines is 1. The molecule has 0 fully saturated rings. The van der Waals surface area contributed by atoms with E-state index < -0.39 is 29.6 Å². The number of ketones is 1. The summed E-state index contributed by atoms with van der Waals surface area (Å²) in [5.41, 5.74) is 1.45. The molecule has 0 amide bonds. The largest absolute Gasteiger partial charge is 0.455 e. The molecule has 5 rings (SSSR count). The summed E-state index contributed by atoms with van der Waals surface area (Å²) < 4.78 is 46.2. The minimum Gasteiger partial charge on any atom is -0.455 e. The predicted octanol–water partition coefficient (Wildman–Crippen LogP) is 5.62. The Balaban J connectivity index is 1.33. The quantitative estimate of drug-likeness (QED) is 0.212. The number of ether oxygens (including phenoxy) is 1. The van der Waals surface area contributed by atoms with Crippen LogP contribution >= 0.6 is 0 Å². The molecule has 41 heavy (non-hydrogen) atoms. The molecule has 2 N–H and O–H groups in total. The molecule has 0 bridgehead atoms. The number of carbonyl (C=O) groups is 1. The highest BCUT2D eigenvalue weighted by Gasteiger charge is 2.19. The molecule has 1 atom stereocenters. The Kier molecular flexibility index (Phi) is 7.81. The van der Waals surface area contributed by atoms with Gasteiger partial charge < -0.3 is 10.1 Å². The molecule has 4 heterocycles. The van der Waals surface area contributed by atoms with Crippen LogP contribution in [0.4, 0.5) is 19.0 Å². The zero-order chi connectivity index (χ0) is 29.1. The minimum atomic E-state index is -2.46. The normalized spacial score (nSPS) is 12.0. The molecule has 12 heteroatoms. The van der Waals surface area contributed by atoms with Gasteiger partial charge in [0.2, 0.25) is 6.43 Å². The van der Waals surface area contributed by atoms with Crippen LogP contribution in [-0.4, -0.2) is 43.0 Å². The van der Waals surface area contributed by atoms with E-state index >= 15 is 0 Å². The summed E-state index contributed by atoms with van der Waals surface area (Å²) in [7, 11) is 0. The standard InChI is InChI=1S/C29H25F3N6O3/c1-16-11-22(29(40)38(15-16)20-6-3-18(30)4-7-20)23(39)13-19-5-8-21(14-34-19)41-24-9-10-33-27-26(24)28(37-36-27)35-17(2)12-25(31)32/h3-11,14-15,17,25H,12-13H2,1-2H3,(H2,33,35,36,37). The summed E-state index contributed by atoms with van der Waals surface area (Å²) >= 11 is 0. The van der Waals surface area contributed by atoms with E-state index in [4.69, 9.17) is 4.74 Å². The maximum absolute atomic E-state index is 13.3. The van der Waals surface area contributed by atoms with Crippen LogP contribution in [-0.2, 0) is 6.42 Å². The van der Waals surface area contributed by atoms with Gasteiger partial charge in [-0.3, -0.25) is 24.2 Å². The Morgan fingerprint density at radius 3 is 2.61 bits per heavy atom. The van der Waals surface area contributed by atoms with Gasteiger partial charge in [-0.2, -0.15) is 5.10 Å². The minimum absolute atomic E-state index is 0.00307. The van der Waals surface area contributed by atoms with E-state index in [1.54, 1.807) is 38.2 Å². The highest BCUT2D eigenvalue weighted by Crippen LogP contribution is 2.33. The van der Waals surface area contributed by atoms with Gasteiger partial charge in [-0.05, 0) is 61.9 Å². The molecule has 0 aliphatic rings. The molecule has 0 spiro atoms. The van der Waals surface area contributed by atoms with Crippen LogP contribution in [0, 0.1) is 12.7 Å². The van der Waals surface area contributed by atoms with E-state index in [0.717, 1.165) is 0 Å². The van der Waals surface area contributed by atoms with Crippen molar-refractivity contribution in [2.75, 3.05) is 5.32 Å². The molecule has 0 radical (unpaired) electrons. The number of aromatic nitrogens is 5. The molecule has 0 aliphatic heterocycles. The summed E-state index contributed by atoms with van der Waals surface area (Å²) in [6.07, 6.45) is 1.61. The van der Waals surface area contributed by atoms with E-state index in [-0.39, 0.29) is 18.4 Å². The van der Waals surface area contributed by atoms with Gasteiger partial charge in [0.25, 0.3) is 5.56 Å². The molecule has 4 aromatic heterocycles. The van der Waals surface area contributed by atoms with Crippen LogP contribution in [0.5, 0.6) is 11.5 Å². The van der Waals surface area contributed by atoms with Crippen LogP contribution in [0.2, 0.25) is 0 Å². The summed E-state index contributed by atoms with van der Waals surface area (Å²) in [6.45, 7) is 3.39. The number of H-pyrrole nitrogens is 1. The third kappa shape index (κ3) is 6.26. The van der Waals surface area contributed by atoms with Crippen molar-refractivity contribution in [1.82, 2.24) is 24.7 Å². The maximum atomic E-state index is 13.3. The molecular formula is C29H25F3N6O3. The van der Waals surface area contributed by atoms with Crippen molar-refractivity contribution in [3.63, 3.8) is 0 Å². The zero-order valence-electron chi connectivity index (χ0n) is 22.1. The lowest BCUT2D eigenvalue weighted by molar-refractivity contribution is 0.0990. The first-order valence-corrected chi connectivity index (χ1v) is 12.7. The number of anilines is 1. The molecule has 0 aliphatic carbocycles. The highest BCUT2D eigenvalue weighted by atomic mass is 19.3. The second-order valence-electron chi connectivity index (χ2n) is 9.55. The Hall–Kier alpha value is -5.00. The molecule has 210 valence electrons. The second-order valence-corrected chi connectivity index (χ2v) is 9.55. The van der Waals surface area contributed by atoms with E-state index in [0.29, 0.717) is 45.3 Å². The first-order valence-electron chi connectivity index (χ1n) is 12.7. The summed E-state index contributed by atoms with van der Waals surface area (Å²) in [4.78, 5) is 34.7. The number of hydrogen-bond acceptors (Lipinski definition) is 7. The smallest absolute Gasteiger partial charge is 0.265 e. The monoisotopic (exact) mass is 562 g/mol. The average molecular weight is 563 g/mol. The number of hydrogen-bond donors (Lipinski definition) is 2. The SMILES string of the molecule is Cc1cc(C(=O)Cc2ccc(Oc3ccnc4[nH]nc(NC(C)CC(F)F)c34)cn2)c(=O)n(-c2ccc(F)cc2)c1. The summed E-state index contributed by atoms with van der Waals surface area (Å²) in [5, 5.41) is 10.3. The average Bonchev–Trinajstić information content (AvgIpc) is 3.34. The van der Waals surface area contributed by atoms with E-state index in [2.05, 4.69) is 25.5 Å². The maximum Gasteiger partial charge on any atom is 0.265 e. The summed E-state index contributed by atoms with van der Waals surface area (Å²) in [5.74, 6) is 0.214. The van der Waals surface area contributed by atoms with Crippen molar-refractivity contribution in [3.8, 4) is 17.2 Å². The number of aryl methyl sites for hydroxylation is 1. The van der Waals surface area contributed by atoms with Gasteiger partial charge in [0, 0.05) is 42.3 Å². The Morgan fingerprint density at radius 2 is 1.90 bits per heavy atom. The molecule has 5 aromatic rings. The van der Waals surface area contributed by atoms with Crippen molar-refractivity contribution in [3.05, 3.63) is 100 Å². The van der Waals surface area contributed by atoms with Crippen molar-refractivity contribution >= 4 is 22.6 Å². The predicted molar refractivity (Wildman–Crippen MR) is 147 cm³/mol. The lowest BCUT2D eigenvalue weighted by atomic mass is 10.1. The van der Waals surface area contributed by atoms with Crippen LogP contribution in [0.1, 0.15) is 35.0 Å². The molecule has 9 nitrogen and oxygen atoms in total. The topological polar surface area (TPSA) is 115 Å². The molecule has 1 unspecified atom stereocenters. The molecular weight excluding hydrogens is 537 g/mol. The molecule has 0 saturated carbocycles. The van der Waals surface area contributed by atoms with Crippen LogP contribution in [0.25, 0.3) is 16.7 Å². The Bertz CT molecular complexity index is 1750. The van der Waals surface area contributed by atoms with Crippen molar-refractivity contribution < 1.29 is 22.7 Å². The number of carbonyl (C=O) groups excluding carboxylic acids is 1. The number of nitrogens with one attached hydrogen (secondary N) is 2. The zero-order valence-corrected chi connectivity index (χ0v) is 22.1. The first kappa shape index (κ1) is 27.6. The van der Waals surface area contributed by atoms with E-state index in [9.17, 15) is 22.8 Å². The molecule has 1 aromatic carbocycles. The number of pyridine rings is 3. The fourth-order valence-corrected chi connectivity index (χ4v) is 4.35. The number of alkyl halides is 2. The number of fused-ring (bicyclic) bond motifs is 1. The van der Waals surface area contributed by atoms with Gasteiger partial charge in [-0.25, -0.2) is 18.2 Å². The number of nitrogens with zero attached hydrogens (tertiary/aromatic N) is 4. The van der Waals surface area contributed by atoms with Gasteiger partial charge in [0.05, 0.1) is 18.2 Å². The first-order chi connectivity index (χ1) is 19.7. The van der Waals surface area contributed by atoms with E-state index in [1.165, 1.54) is 47.3 Å². The van der Waals surface area contributed by atoms with Gasteiger partial charge in [-0.15, -0.1) is 0 Å². The van der Waals surface area contributed by atoms with Crippen LogP contribution < -0.4 is 15.6 Å².